The summed E-state index contributed by atoms with van der Waals surface area (Å²) in [7, 11) is 0. The fourth-order valence-electron chi connectivity index (χ4n) is 1.88. The lowest BCUT2D eigenvalue weighted by atomic mass is 10.4. The minimum atomic E-state index is 0.603. The zero-order chi connectivity index (χ0) is 13.4. The summed E-state index contributed by atoms with van der Waals surface area (Å²) in [5.74, 6) is 2.41. The third-order valence-corrected chi connectivity index (χ3v) is 4.68. The highest BCUT2D eigenvalue weighted by Crippen LogP contribution is 2.39. The van der Waals surface area contributed by atoms with Crippen molar-refractivity contribution in [3.05, 3.63) is 35.3 Å². The first-order valence-corrected chi connectivity index (χ1v) is 8.09. The molecule has 0 saturated heterocycles. The van der Waals surface area contributed by atoms with Crippen LogP contribution in [0.25, 0.3) is 10.8 Å². The summed E-state index contributed by atoms with van der Waals surface area (Å²) in [5, 5.41) is 7.10. The molecule has 20 heavy (non-hydrogen) atoms. The Morgan fingerprint density at radius 3 is 3.10 bits per heavy atom. The number of thiazole rings is 1. The first-order chi connectivity index (χ1) is 9.88. The van der Waals surface area contributed by atoms with Crippen LogP contribution in [0.3, 0.4) is 0 Å². The number of furan rings is 1. The number of nitrogens with one attached hydrogen (secondary N) is 1. The molecule has 7 heteroatoms. The van der Waals surface area contributed by atoms with Crippen molar-refractivity contribution < 1.29 is 4.42 Å². The molecule has 4 rings (SSSR count). The Hall–Kier alpha value is -1.73. The minimum absolute atomic E-state index is 0.603. The first-order valence-electron chi connectivity index (χ1n) is 6.44. The van der Waals surface area contributed by atoms with Crippen molar-refractivity contribution >= 4 is 28.0 Å². The Balaban J connectivity index is 1.41. The fraction of sp³-hybridized carbons (Fsp3) is 0.308. The summed E-state index contributed by atoms with van der Waals surface area (Å²) in [6.45, 7) is 0.663. The molecular formula is C13H12N4OS2. The van der Waals surface area contributed by atoms with Gasteiger partial charge in [-0.25, -0.2) is 9.97 Å². The lowest BCUT2D eigenvalue weighted by Gasteiger charge is -1.97. The van der Waals surface area contributed by atoms with Crippen molar-refractivity contribution in [3.63, 3.8) is 0 Å². The summed E-state index contributed by atoms with van der Waals surface area (Å²) >= 11 is 3.01. The van der Waals surface area contributed by atoms with Gasteiger partial charge in [-0.15, -0.1) is 11.3 Å². The quantitative estimate of drug-likeness (QED) is 0.778. The van der Waals surface area contributed by atoms with Gasteiger partial charge in [-0.2, -0.15) is 4.37 Å². The van der Waals surface area contributed by atoms with E-state index in [4.69, 9.17) is 4.42 Å². The van der Waals surface area contributed by atoms with E-state index >= 15 is 0 Å². The van der Waals surface area contributed by atoms with Crippen LogP contribution in [0.4, 0.5) is 5.13 Å². The molecule has 0 aliphatic heterocycles. The second-order valence-electron chi connectivity index (χ2n) is 4.71. The van der Waals surface area contributed by atoms with Crippen molar-refractivity contribution in [2.45, 2.75) is 25.3 Å². The summed E-state index contributed by atoms with van der Waals surface area (Å²) in [5.41, 5.74) is 0.990. The Bertz CT molecular complexity index is 700. The lowest BCUT2D eigenvalue weighted by Crippen LogP contribution is -1.99. The second-order valence-corrected chi connectivity index (χ2v) is 6.32. The molecule has 0 atom stereocenters. The molecule has 3 heterocycles. The van der Waals surface area contributed by atoms with Crippen LogP contribution < -0.4 is 5.32 Å². The molecule has 5 nitrogen and oxygen atoms in total. The van der Waals surface area contributed by atoms with E-state index in [-0.39, 0.29) is 0 Å². The van der Waals surface area contributed by atoms with Crippen LogP contribution >= 0.6 is 22.9 Å². The second kappa shape index (κ2) is 4.99. The van der Waals surface area contributed by atoms with Crippen LogP contribution in [0.5, 0.6) is 0 Å². The molecule has 1 saturated carbocycles. The SMILES string of the molecule is c1coc(-c2nc(CNc3nc(C4CC4)ns3)cs2)c1. The number of rotatable bonds is 5. The van der Waals surface area contributed by atoms with Crippen molar-refractivity contribution in [3.8, 4) is 10.8 Å². The maximum absolute atomic E-state index is 5.34. The normalized spacial score (nSPS) is 14.6. The standard InChI is InChI=1S/C13H12N4OS2/c1-2-10(18-5-1)12-15-9(7-19-12)6-14-13-16-11(17-20-13)8-3-4-8/h1-2,5,7-8H,3-4,6H2,(H,14,16,17). The van der Waals surface area contributed by atoms with Crippen molar-refractivity contribution in [1.82, 2.24) is 14.3 Å². The Kier molecular flexibility index (Phi) is 3.00. The molecule has 3 aromatic rings. The number of hydrogen-bond acceptors (Lipinski definition) is 7. The summed E-state index contributed by atoms with van der Waals surface area (Å²) in [6, 6.07) is 3.79. The molecule has 1 aliphatic carbocycles. The van der Waals surface area contributed by atoms with E-state index in [9.17, 15) is 0 Å². The fourth-order valence-corrected chi connectivity index (χ4v) is 3.31. The molecule has 0 spiro atoms. The van der Waals surface area contributed by atoms with E-state index in [0.29, 0.717) is 12.5 Å². The average Bonchev–Trinajstić information content (AvgIpc) is 2.93. The number of anilines is 1. The zero-order valence-electron chi connectivity index (χ0n) is 10.6. The van der Waals surface area contributed by atoms with Gasteiger partial charge in [0.05, 0.1) is 18.5 Å². The number of hydrogen-bond donors (Lipinski definition) is 1. The van der Waals surface area contributed by atoms with Crippen molar-refractivity contribution in [2.75, 3.05) is 5.32 Å². The molecule has 1 aliphatic rings. The Labute approximate surface area is 123 Å². The zero-order valence-corrected chi connectivity index (χ0v) is 12.2. The largest absolute Gasteiger partial charge is 0.462 e. The molecule has 1 N–H and O–H groups in total. The van der Waals surface area contributed by atoms with Gasteiger partial charge in [-0.1, -0.05) is 0 Å². The van der Waals surface area contributed by atoms with Crippen LogP contribution in [-0.4, -0.2) is 14.3 Å². The lowest BCUT2D eigenvalue weighted by molar-refractivity contribution is 0.581. The highest BCUT2D eigenvalue weighted by atomic mass is 32.1. The van der Waals surface area contributed by atoms with Gasteiger partial charge < -0.3 is 9.73 Å². The topological polar surface area (TPSA) is 63.8 Å². The van der Waals surface area contributed by atoms with Gasteiger partial charge in [0.15, 0.2) is 10.8 Å². The van der Waals surface area contributed by atoms with Gasteiger partial charge >= 0.3 is 0 Å². The van der Waals surface area contributed by atoms with E-state index < -0.39 is 0 Å². The van der Waals surface area contributed by atoms with Crippen molar-refractivity contribution in [2.24, 2.45) is 0 Å². The number of nitrogens with zero attached hydrogens (tertiary/aromatic N) is 3. The van der Waals surface area contributed by atoms with Crippen LogP contribution in [0, 0.1) is 0 Å². The number of aromatic nitrogens is 3. The molecule has 0 radical (unpaired) electrons. The average molecular weight is 304 g/mol. The third-order valence-electron chi connectivity index (χ3n) is 3.09. The summed E-state index contributed by atoms with van der Waals surface area (Å²) < 4.78 is 9.71. The molecular weight excluding hydrogens is 292 g/mol. The van der Waals surface area contributed by atoms with Gasteiger partial charge in [-0.05, 0) is 25.0 Å². The predicted octanol–water partition coefficient (Wildman–Crippen LogP) is 3.74. The third kappa shape index (κ3) is 2.46. The van der Waals surface area contributed by atoms with Crippen LogP contribution in [0.1, 0.15) is 30.3 Å². The van der Waals surface area contributed by atoms with Gasteiger partial charge in [0, 0.05) is 22.8 Å². The predicted molar refractivity (Wildman–Crippen MR) is 79.0 cm³/mol. The van der Waals surface area contributed by atoms with Gasteiger partial charge in [0.2, 0.25) is 5.13 Å². The van der Waals surface area contributed by atoms with E-state index in [1.807, 2.05) is 17.5 Å². The van der Waals surface area contributed by atoms with Crippen molar-refractivity contribution in [1.29, 1.82) is 0 Å². The maximum atomic E-state index is 5.34. The van der Waals surface area contributed by atoms with E-state index in [2.05, 4.69) is 19.7 Å². The Morgan fingerprint density at radius 1 is 1.35 bits per heavy atom. The highest BCUT2D eigenvalue weighted by molar-refractivity contribution is 7.13. The van der Waals surface area contributed by atoms with Gasteiger partial charge in [-0.3, -0.25) is 0 Å². The highest BCUT2D eigenvalue weighted by Gasteiger charge is 2.27. The van der Waals surface area contributed by atoms with Crippen LogP contribution in [-0.2, 0) is 6.54 Å². The van der Waals surface area contributed by atoms with Gasteiger partial charge in [0.25, 0.3) is 0 Å². The molecule has 0 amide bonds. The van der Waals surface area contributed by atoms with Crippen LogP contribution in [0.2, 0.25) is 0 Å². The smallest absolute Gasteiger partial charge is 0.202 e. The van der Waals surface area contributed by atoms with E-state index in [1.54, 1.807) is 17.6 Å². The van der Waals surface area contributed by atoms with E-state index in [1.165, 1.54) is 24.4 Å². The monoisotopic (exact) mass is 304 g/mol. The molecule has 0 unspecified atom stereocenters. The first kappa shape index (κ1) is 12.0. The summed E-state index contributed by atoms with van der Waals surface area (Å²) in [6.07, 6.45) is 4.12. The molecule has 0 aromatic carbocycles. The molecule has 102 valence electrons. The maximum Gasteiger partial charge on any atom is 0.202 e. The Morgan fingerprint density at radius 2 is 2.30 bits per heavy atom. The summed E-state index contributed by atoms with van der Waals surface area (Å²) in [4.78, 5) is 9.04. The van der Waals surface area contributed by atoms with Crippen LogP contribution in [0.15, 0.2) is 28.2 Å². The molecule has 3 aromatic heterocycles. The van der Waals surface area contributed by atoms with E-state index in [0.717, 1.165) is 27.4 Å². The minimum Gasteiger partial charge on any atom is -0.462 e. The van der Waals surface area contributed by atoms with Gasteiger partial charge in [0.1, 0.15) is 5.82 Å². The molecule has 1 fully saturated rings. The molecule has 0 bridgehead atoms.